The van der Waals surface area contributed by atoms with Crippen molar-refractivity contribution >= 4 is 11.6 Å². The number of nitrogens with zero attached hydrogens (tertiary/aromatic N) is 1. The molecular formula is C18H22N2O4. The van der Waals surface area contributed by atoms with Crippen LogP contribution in [0.2, 0.25) is 0 Å². The second kappa shape index (κ2) is 6.57. The van der Waals surface area contributed by atoms with Crippen LogP contribution in [0.1, 0.15) is 24.4 Å². The summed E-state index contributed by atoms with van der Waals surface area (Å²) in [7, 11) is 1.58. The average molecular weight is 330 g/mol. The number of ether oxygens (including phenoxy) is 2. The second-order valence-corrected chi connectivity index (χ2v) is 6.09. The standard InChI is InChI=1S/C18H22N2O4/c1-11-9-20(10-12(2)23-11)18(21)17-7-6-16(24-17)14-8-13(19)4-5-15(14)22-3/h4-8,11-12H,9-10,19H2,1-3H3. The molecule has 1 aromatic carbocycles. The van der Waals surface area contributed by atoms with E-state index in [2.05, 4.69) is 0 Å². The molecule has 2 N–H and O–H groups in total. The van der Waals surface area contributed by atoms with Gasteiger partial charge in [0.05, 0.1) is 24.9 Å². The van der Waals surface area contributed by atoms with Gasteiger partial charge in [-0.2, -0.15) is 0 Å². The molecule has 2 heterocycles. The van der Waals surface area contributed by atoms with E-state index in [-0.39, 0.29) is 18.1 Å². The van der Waals surface area contributed by atoms with Crippen molar-refractivity contribution in [2.75, 3.05) is 25.9 Å². The number of rotatable bonds is 3. The first kappa shape index (κ1) is 16.4. The van der Waals surface area contributed by atoms with Gasteiger partial charge >= 0.3 is 0 Å². The molecule has 1 amide bonds. The first-order valence-electron chi connectivity index (χ1n) is 7.96. The zero-order chi connectivity index (χ0) is 17.3. The summed E-state index contributed by atoms with van der Waals surface area (Å²) in [6.07, 6.45) is 0.0299. The zero-order valence-electron chi connectivity index (χ0n) is 14.1. The molecule has 1 saturated heterocycles. The number of furan rings is 1. The molecule has 128 valence electrons. The van der Waals surface area contributed by atoms with Crippen LogP contribution >= 0.6 is 0 Å². The van der Waals surface area contributed by atoms with Gasteiger partial charge in [-0.3, -0.25) is 4.79 Å². The van der Waals surface area contributed by atoms with Crippen LogP contribution in [0.5, 0.6) is 5.75 Å². The Kier molecular flexibility index (Phi) is 4.49. The normalized spacial score (nSPS) is 20.9. The Morgan fingerprint density at radius 3 is 2.58 bits per heavy atom. The number of anilines is 1. The van der Waals surface area contributed by atoms with Gasteiger partial charge in [0.2, 0.25) is 0 Å². The number of carbonyl (C=O) groups excluding carboxylic acids is 1. The van der Waals surface area contributed by atoms with Crippen LogP contribution in [-0.4, -0.2) is 43.2 Å². The third kappa shape index (κ3) is 3.23. The minimum absolute atomic E-state index is 0.0150. The van der Waals surface area contributed by atoms with Crippen molar-refractivity contribution in [3.8, 4) is 17.1 Å². The van der Waals surface area contributed by atoms with Crippen molar-refractivity contribution in [1.82, 2.24) is 4.90 Å². The molecule has 1 aromatic heterocycles. The summed E-state index contributed by atoms with van der Waals surface area (Å²) in [4.78, 5) is 14.4. The highest BCUT2D eigenvalue weighted by Gasteiger charge is 2.28. The van der Waals surface area contributed by atoms with Crippen molar-refractivity contribution in [2.24, 2.45) is 0 Å². The summed E-state index contributed by atoms with van der Waals surface area (Å²) in [5, 5.41) is 0. The Hall–Kier alpha value is -2.47. The lowest BCUT2D eigenvalue weighted by molar-refractivity contribution is -0.0592. The number of benzene rings is 1. The minimum atomic E-state index is -0.133. The summed E-state index contributed by atoms with van der Waals surface area (Å²) >= 11 is 0. The van der Waals surface area contributed by atoms with Crippen LogP contribution in [0.25, 0.3) is 11.3 Å². The highest BCUT2D eigenvalue weighted by Crippen LogP contribution is 2.33. The Morgan fingerprint density at radius 1 is 1.21 bits per heavy atom. The van der Waals surface area contributed by atoms with Crippen molar-refractivity contribution in [3.05, 3.63) is 36.1 Å². The summed E-state index contributed by atoms with van der Waals surface area (Å²) in [6, 6.07) is 8.75. The topological polar surface area (TPSA) is 77.9 Å². The molecule has 1 aliphatic heterocycles. The van der Waals surface area contributed by atoms with Crippen molar-refractivity contribution in [3.63, 3.8) is 0 Å². The van der Waals surface area contributed by atoms with Crippen molar-refractivity contribution in [1.29, 1.82) is 0 Å². The molecule has 2 unspecified atom stereocenters. The number of morpholine rings is 1. The summed E-state index contributed by atoms with van der Waals surface area (Å²) in [5.74, 6) is 1.37. The number of hydrogen-bond donors (Lipinski definition) is 1. The number of methoxy groups -OCH3 is 1. The van der Waals surface area contributed by atoms with E-state index in [0.29, 0.717) is 36.0 Å². The molecule has 1 aliphatic rings. The first-order valence-corrected chi connectivity index (χ1v) is 7.96. The van der Waals surface area contributed by atoms with Gasteiger partial charge in [0.15, 0.2) is 5.76 Å². The molecule has 24 heavy (non-hydrogen) atoms. The Bertz CT molecular complexity index is 730. The maximum absolute atomic E-state index is 12.7. The van der Waals surface area contributed by atoms with Crippen molar-refractivity contribution in [2.45, 2.75) is 26.1 Å². The monoisotopic (exact) mass is 330 g/mol. The Balaban J connectivity index is 1.85. The number of nitrogen functional groups attached to an aromatic ring is 1. The number of carbonyl (C=O) groups is 1. The summed E-state index contributed by atoms with van der Waals surface area (Å²) < 4.78 is 16.8. The first-order chi connectivity index (χ1) is 11.5. The van der Waals surface area contributed by atoms with Gasteiger partial charge in [0.1, 0.15) is 11.5 Å². The van der Waals surface area contributed by atoms with Gasteiger partial charge in [0.25, 0.3) is 5.91 Å². The number of nitrogens with two attached hydrogens (primary N) is 1. The molecule has 3 rings (SSSR count). The van der Waals surface area contributed by atoms with Crippen LogP contribution in [0.3, 0.4) is 0 Å². The molecule has 0 spiro atoms. The van der Waals surface area contributed by atoms with E-state index in [1.54, 1.807) is 42.3 Å². The highest BCUT2D eigenvalue weighted by atomic mass is 16.5. The Labute approximate surface area is 141 Å². The fourth-order valence-corrected chi connectivity index (χ4v) is 3.02. The van der Waals surface area contributed by atoms with Crippen LogP contribution < -0.4 is 10.5 Å². The number of amides is 1. The predicted molar refractivity (Wildman–Crippen MR) is 91.0 cm³/mol. The lowest BCUT2D eigenvalue weighted by Crippen LogP contribution is -2.48. The van der Waals surface area contributed by atoms with Gasteiger partial charge in [-0.25, -0.2) is 0 Å². The molecule has 0 aliphatic carbocycles. The third-order valence-corrected chi connectivity index (χ3v) is 4.01. The molecule has 1 fully saturated rings. The molecule has 0 bridgehead atoms. The van der Waals surface area contributed by atoms with E-state index in [9.17, 15) is 4.79 Å². The summed E-state index contributed by atoms with van der Waals surface area (Å²) in [6.45, 7) is 5.03. The van der Waals surface area contributed by atoms with E-state index >= 15 is 0 Å². The average Bonchev–Trinajstić information content (AvgIpc) is 3.03. The van der Waals surface area contributed by atoms with Gasteiger partial charge in [0, 0.05) is 18.8 Å². The molecular weight excluding hydrogens is 308 g/mol. The Morgan fingerprint density at radius 2 is 1.92 bits per heavy atom. The van der Waals surface area contributed by atoms with Crippen LogP contribution in [0.15, 0.2) is 34.7 Å². The molecule has 2 atom stereocenters. The fourth-order valence-electron chi connectivity index (χ4n) is 3.02. The maximum atomic E-state index is 12.7. The number of hydrogen-bond acceptors (Lipinski definition) is 5. The van der Waals surface area contributed by atoms with E-state index in [4.69, 9.17) is 19.6 Å². The van der Waals surface area contributed by atoms with Crippen molar-refractivity contribution < 1.29 is 18.7 Å². The maximum Gasteiger partial charge on any atom is 0.289 e. The van der Waals surface area contributed by atoms with Crippen LogP contribution in [0.4, 0.5) is 5.69 Å². The summed E-state index contributed by atoms with van der Waals surface area (Å²) in [5.41, 5.74) is 7.17. The van der Waals surface area contributed by atoms with E-state index in [1.165, 1.54) is 0 Å². The smallest absolute Gasteiger partial charge is 0.289 e. The molecule has 0 saturated carbocycles. The van der Waals surface area contributed by atoms with Crippen LogP contribution in [0, 0.1) is 0 Å². The van der Waals surface area contributed by atoms with Crippen LogP contribution in [-0.2, 0) is 4.74 Å². The van der Waals surface area contributed by atoms with Gasteiger partial charge in [-0.1, -0.05) is 0 Å². The predicted octanol–water partition coefficient (Wildman–Crippen LogP) is 2.79. The lowest BCUT2D eigenvalue weighted by Gasteiger charge is -2.34. The lowest BCUT2D eigenvalue weighted by atomic mass is 10.1. The molecule has 0 radical (unpaired) electrons. The SMILES string of the molecule is COc1ccc(N)cc1-c1ccc(C(=O)N2CC(C)OC(C)C2)o1. The van der Waals surface area contributed by atoms with E-state index < -0.39 is 0 Å². The van der Waals surface area contributed by atoms with Gasteiger partial charge in [-0.15, -0.1) is 0 Å². The molecule has 2 aromatic rings. The fraction of sp³-hybridized carbons (Fsp3) is 0.389. The second-order valence-electron chi connectivity index (χ2n) is 6.09. The largest absolute Gasteiger partial charge is 0.496 e. The van der Waals surface area contributed by atoms with Gasteiger partial charge < -0.3 is 24.5 Å². The third-order valence-electron chi connectivity index (χ3n) is 4.01. The van der Waals surface area contributed by atoms with Gasteiger partial charge in [-0.05, 0) is 44.2 Å². The van der Waals surface area contributed by atoms with E-state index in [1.807, 2.05) is 13.8 Å². The molecule has 6 nitrogen and oxygen atoms in total. The molecule has 6 heteroatoms. The highest BCUT2D eigenvalue weighted by molar-refractivity contribution is 5.92. The minimum Gasteiger partial charge on any atom is -0.496 e. The van der Waals surface area contributed by atoms with E-state index in [0.717, 1.165) is 5.56 Å². The quantitative estimate of drug-likeness (QED) is 0.876. The zero-order valence-corrected chi connectivity index (χ0v) is 14.1.